The maximum absolute atomic E-state index is 2.44. The Bertz CT molecular complexity index is 2800. The molecule has 2 nitrogen and oxygen atoms in total. The Labute approximate surface area is 330 Å². The number of nitrogens with zero attached hydrogens (tertiary/aromatic N) is 2. The minimum atomic E-state index is -0.0608. The van der Waals surface area contributed by atoms with Crippen molar-refractivity contribution in [2.24, 2.45) is 5.92 Å². The van der Waals surface area contributed by atoms with Crippen molar-refractivity contribution >= 4 is 33.2 Å². The standard InChI is InChI=1S/C54H46N2/c1-37-13-12-16-44(33-37)55(45-30-31-47-46-17-8-10-19-50(46)54(2,3)51(47)36-45)42-28-23-40(24-29-42)41-25-32-53-49(35-41)48-18-9-11-20-52(48)56(53)43-26-21-39(22-27-43)34-38-14-6-4-5-7-15-38/h4-6,8-12,14-33,35-37H,7,13,34H2,1-3H3. The third kappa shape index (κ3) is 5.88. The summed E-state index contributed by atoms with van der Waals surface area (Å²) in [4.78, 5) is 2.44. The summed E-state index contributed by atoms with van der Waals surface area (Å²) in [6.45, 7) is 7.03. The second-order valence-corrected chi connectivity index (χ2v) is 16.2. The molecule has 10 rings (SSSR count). The van der Waals surface area contributed by atoms with Gasteiger partial charge in [0.25, 0.3) is 0 Å². The van der Waals surface area contributed by atoms with Gasteiger partial charge in [-0.05, 0) is 130 Å². The van der Waals surface area contributed by atoms with Gasteiger partial charge in [0.2, 0.25) is 0 Å². The van der Waals surface area contributed by atoms with Crippen molar-refractivity contribution in [1.82, 2.24) is 4.57 Å². The van der Waals surface area contributed by atoms with Crippen LogP contribution in [0.25, 0.3) is 49.7 Å². The molecule has 0 bridgehead atoms. The molecule has 7 aromatic rings. The topological polar surface area (TPSA) is 8.17 Å². The van der Waals surface area contributed by atoms with E-state index in [1.54, 1.807) is 0 Å². The normalized spacial score (nSPS) is 16.7. The molecule has 1 aromatic heterocycles. The summed E-state index contributed by atoms with van der Waals surface area (Å²) >= 11 is 0. The van der Waals surface area contributed by atoms with Crippen LogP contribution in [-0.4, -0.2) is 4.57 Å². The van der Waals surface area contributed by atoms with Crippen LogP contribution >= 0.6 is 0 Å². The van der Waals surface area contributed by atoms with Gasteiger partial charge in [-0.15, -0.1) is 0 Å². The number of benzene rings is 6. The molecule has 3 aliphatic carbocycles. The Morgan fingerprint density at radius 2 is 1.39 bits per heavy atom. The van der Waals surface area contributed by atoms with Crippen molar-refractivity contribution < 1.29 is 0 Å². The molecule has 6 aromatic carbocycles. The maximum Gasteiger partial charge on any atom is 0.0541 e. The quantitative estimate of drug-likeness (QED) is 0.159. The van der Waals surface area contributed by atoms with E-state index in [1.165, 1.54) is 83.4 Å². The van der Waals surface area contributed by atoms with Crippen molar-refractivity contribution in [3.8, 4) is 27.9 Å². The fourth-order valence-corrected chi connectivity index (χ4v) is 9.23. The van der Waals surface area contributed by atoms with E-state index in [-0.39, 0.29) is 5.41 Å². The molecule has 0 spiro atoms. The number of aromatic nitrogens is 1. The first-order chi connectivity index (χ1) is 27.4. The van der Waals surface area contributed by atoms with Crippen molar-refractivity contribution in [1.29, 1.82) is 0 Å². The van der Waals surface area contributed by atoms with Gasteiger partial charge >= 0.3 is 0 Å². The third-order valence-corrected chi connectivity index (χ3v) is 12.1. The van der Waals surface area contributed by atoms with Crippen LogP contribution in [0, 0.1) is 5.92 Å². The molecule has 1 atom stereocenters. The van der Waals surface area contributed by atoms with Crippen LogP contribution in [0.3, 0.4) is 0 Å². The molecule has 1 heterocycles. The van der Waals surface area contributed by atoms with E-state index in [1.807, 2.05) is 0 Å². The van der Waals surface area contributed by atoms with Gasteiger partial charge in [0.1, 0.15) is 0 Å². The Balaban J connectivity index is 0.999. The molecular formula is C54H46N2. The number of fused-ring (bicyclic) bond motifs is 6. The van der Waals surface area contributed by atoms with Crippen molar-refractivity contribution in [2.75, 3.05) is 4.90 Å². The van der Waals surface area contributed by atoms with E-state index < -0.39 is 0 Å². The highest BCUT2D eigenvalue weighted by molar-refractivity contribution is 6.10. The lowest BCUT2D eigenvalue weighted by Gasteiger charge is -2.30. The zero-order chi connectivity index (χ0) is 37.8. The molecule has 0 radical (unpaired) electrons. The molecule has 0 saturated carbocycles. The number of anilines is 2. The molecule has 0 fully saturated rings. The van der Waals surface area contributed by atoms with Crippen LogP contribution in [-0.2, 0) is 11.8 Å². The Morgan fingerprint density at radius 3 is 2.25 bits per heavy atom. The van der Waals surface area contributed by atoms with Crippen LogP contribution in [0.2, 0.25) is 0 Å². The molecule has 3 aliphatic rings. The minimum absolute atomic E-state index is 0.0608. The second-order valence-electron chi connectivity index (χ2n) is 16.2. The van der Waals surface area contributed by atoms with Crippen molar-refractivity contribution in [3.63, 3.8) is 0 Å². The van der Waals surface area contributed by atoms with Crippen LogP contribution in [0.4, 0.5) is 11.4 Å². The zero-order valence-corrected chi connectivity index (χ0v) is 32.4. The summed E-state index contributed by atoms with van der Waals surface area (Å²) in [7, 11) is 0. The second kappa shape index (κ2) is 13.7. The van der Waals surface area contributed by atoms with Gasteiger partial charge in [-0.2, -0.15) is 0 Å². The third-order valence-electron chi connectivity index (χ3n) is 12.1. The SMILES string of the molecule is CC1C=C(N(c2ccc(-c3ccc4c(c3)c3ccccc3n4-c3ccc(CC4=CCC=CC=C4)cc3)cc2)c2ccc3c(c2)C(C)(C)c2ccccc2-3)C=CC1. The van der Waals surface area contributed by atoms with Crippen LogP contribution < -0.4 is 4.90 Å². The predicted octanol–water partition coefficient (Wildman–Crippen LogP) is 14.4. The predicted molar refractivity (Wildman–Crippen MR) is 238 cm³/mol. The maximum atomic E-state index is 2.44. The van der Waals surface area contributed by atoms with Gasteiger partial charge in [0, 0.05) is 38.9 Å². The van der Waals surface area contributed by atoms with Crippen molar-refractivity contribution in [2.45, 2.75) is 45.4 Å². The van der Waals surface area contributed by atoms with E-state index in [2.05, 4.69) is 212 Å². The molecule has 2 heteroatoms. The highest BCUT2D eigenvalue weighted by Gasteiger charge is 2.35. The lowest BCUT2D eigenvalue weighted by atomic mass is 9.82. The van der Waals surface area contributed by atoms with Gasteiger partial charge in [-0.1, -0.05) is 142 Å². The number of hydrogen-bond acceptors (Lipinski definition) is 1. The van der Waals surface area contributed by atoms with Crippen molar-refractivity contribution in [3.05, 3.63) is 210 Å². The number of hydrogen-bond donors (Lipinski definition) is 0. The summed E-state index contributed by atoms with van der Waals surface area (Å²) in [6.07, 6.45) is 21.1. The van der Waals surface area contributed by atoms with Gasteiger partial charge in [-0.3, -0.25) is 0 Å². The van der Waals surface area contributed by atoms with E-state index >= 15 is 0 Å². The highest BCUT2D eigenvalue weighted by Crippen LogP contribution is 2.50. The number of para-hydroxylation sites is 1. The molecule has 0 amide bonds. The van der Waals surface area contributed by atoms with Crippen LogP contribution in [0.5, 0.6) is 0 Å². The lowest BCUT2D eigenvalue weighted by Crippen LogP contribution is -2.19. The zero-order valence-electron chi connectivity index (χ0n) is 32.4. The average molecular weight is 723 g/mol. The van der Waals surface area contributed by atoms with Crippen LogP contribution in [0.1, 0.15) is 50.3 Å². The van der Waals surface area contributed by atoms with E-state index in [0.717, 1.165) is 24.9 Å². The molecule has 272 valence electrons. The summed E-state index contributed by atoms with van der Waals surface area (Å²) in [5.74, 6) is 0.484. The molecule has 1 unspecified atom stereocenters. The Kier molecular flexibility index (Phi) is 8.37. The first-order valence-electron chi connectivity index (χ1n) is 20.1. The van der Waals surface area contributed by atoms with Gasteiger partial charge in [0.15, 0.2) is 0 Å². The monoisotopic (exact) mass is 722 g/mol. The largest absolute Gasteiger partial charge is 0.311 e. The van der Waals surface area contributed by atoms with Crippen LogP contribution in [0.15, 0.2) is 193 Å². The fourth-order valence-electron chi connectivity index (χ4n) is 9.23. The summed E-state index contributed by atoms with van der Waals surface area (Å²) in [5, 5.41) is 2.53. The lowest BCUT2D eigenvalue weighted by molar-refractivity contribution is 0.660. The molecule has 0 saturated heterocycles. The number of allylic oxidation sites excluding steroid dienone is 9. The van der Waals surface area contributed by atoms with Gasteiger partial charge < -0.3 is 9.47 Å². The first kappa shape index (κ1) is 34.1. The fraction of sp³-hybridized carbons (Fsp3) is 0.148. The highest BCUT2D eigenvalue weighted by atomic mass is 15.1. The molecular weight excluding hydrogens is 677 g/mol. The van der Waals surface area contributed by atoms with E-state index in [0.29, 0.717) is 5.92 Å². The molecule has 0 N–H and O–H groups in total. The summed E-state index contributed by atoms with van der Waals surface area (Å²) < 4.78 is 2.41. The summed E-state index contributed by atoms with van der Waals surface area (Å²) in [6, 6.07) is 50.0. The number of rotatable bonds is 7. The summed E-state index contributed by atoms with van der Waals surface area (Å²) in [5.41, 5.74) is 17.8. The van der Waals surface area contributed by atoms with E-state index in [9.17, 15) is 0 Å². The Morgan fingerprint density at radius 1 is 0.643 bits per heavy atom. The Hall–Kier alpha value is -6.38. The smallest absolute Gasteiger partial charge is 0.0541 e. The van der Waals surface area contributed by atoms with Gasteiger partial charge in [-0.25, -0.2) is 0 Å². The molecule has 56 heavy (non-hydrogen) atoms. The minimum Gasteiger partial charge on any atom is -0.311 e. The first-order valence-corrected chi connectivity index (χ1v) is 20.1. The molecule has 0 aliphatic heterocycles. The van der Waals surface area contributed by atoms with E-state index in [4.69, 9.17) is 0 Å². The average Bonchev–Trinajstić information content (AvgIpc) is 3.50. The van der Waals surface area contributed by atoms with Gasteiger partial charge in [0.05, 0.1) is 11.0 Å².